The first-order valence-corrected chi connectivity index (χ1v) is 6.32. The van der Waals surface area contributed by atoms with Gasteiger partial charge in [0.15, 0.2) is 5.84 Å². The van der Waals surface area contributed by atoms with Crippen LogP contribution in [0.5, 0.6) is 0 Å². The Morgan fingerprint density at radius 3 is 2.60 bits per heavy atom. The number of amidine groups is 1. The molecule has 1 N–H and O–H groups in total. The Labute approximate surface area is 115 Å². The van der Waals surface area contributed by atoms with E-state index in [1.807, 2.05) is 0 Å². The third kappa shape index (κ3) is 2.64. The van der Waals surface area contributed by atoms with Crippen molar-refractivity contribution < 1.29 is 18.4 Å². The van der Waals surface area contributed by atoms with Gasteiger partial charge in [0.2, 0.25) is 5.91 Å². The largest absolute Gasteiger partial charge is 0.391 e. The number of hydrogen-bond acceptors (Lipinski definition) is 3. The maximum absolute atomic E-state index is 13.4. The summed E-state index contributed by atoms with van der Waals surface area (Å²) in [6, 6.07) is 8.00. The molecule has 20 heavy (non-hydrogen) atoms. The van der Waals surface area contributed by atoms with Crippen LogP contribution in [0.25, 0.3) is 0 Å². The zero-order valence-electron chi connectivity index (χ0n) is 11.3. The first-order valence-electron chi connectivity index (χ1n) is 6.32. The van der Waals surface area contributed by atoms with Crippen LogP contribution in [0.3, 0.4) is 0 Å². The molecule has 1 amide bonds. The predicted molar refractivity (Wildman–Crippen MR) is 70.5 cm³/mol. The first kappa shape index (κ1) is 14.4. The number of hydrogen-bond donors (Lipinski definition) is 1. The number of nitrogens with one attached hydrogen (secondary N) is 1. The summed E-state index contributed by atoms with van der Waals surface area (Å²) in [6.07, 6.45) is -2.58. The zero-order valence-corrected chi connectivity index (χ0v) is 11.3. The number of carbonyl (C=O) groups is 1. The highest BCUT2D eigenvalue weighted by Crippen LogP contribution is 2.31. The average Bonchev–Trinajstić information content (AvgIpc) is 2.83. The van der Waals surface area contributed by atoms with E-state index in [4.69, 9.17) is 4.84 Å². The van der Waals surface area contributed by atoms with E-state index in [0.717, 1.165) is 0 Å². The summed E-state index contributed by atoms with van der Waals surface area (Å²) in [7, 11) is 0. The fourth-order valence-electron chi connectivity index (χ4n) is 1.98. The van der Waals surface area contributed by atoms with E-state index in [2.05, 4.69) is 10.5 Å². The number of oxime groups is 1. The lowest BCUT2D eigenvalue weighted by atomic mass is 9.82. The standard InChI is InChI=1S/C14H16F2N2O2/c1-9-8-11(18-20-9)17-13(19)14(2,12(15)16)10-6-4-3-5-7-10/h3-7,9,12H,8H2,1-2H3,(H,17,18,19). The van der Waals surface area contributed by atoms with Gasteiger partial charge in [-0.3, -0.25) is 4.79 Å². The molecule has 0 fully saturated rings. The van der Waals surface area contributed by atoms with Gasteiger partial charge < -0.3 is 10.2 Å². The van der Waals surface area contributed by atoms with E-state index < -0.39 is 17.7 Å². The van der Waals surface area contributed by atoms with Crippen molar-refractivity contribution >= 4 is 11.7 Å². The van der Waals surface area contributed by atoms with Crippen molar-refractivity contribution in [1.29, 1.82) is 0 Å². The lowest BCUT2D eigenvalue weighted by Crippen LogP contribution is -2.49. The highest BCUT2D eigenvalue weighted by atomic mass is 19.3. The molecule has 6 heteroatoms. The molecule has 1 aromatic carbocycles. The molecule has 2 rings (SSSR count). The van der Waals surface area contributed by atoms with Crippen LogP contribution in [0.1, 0.15) is 25.8 Å². The van der Waals surface area contributed by atoms with E-state index in [0.29, 0.717) is 6.42 Å². The van der Waals surface area contributed by atoms with Crippen molar-refractivity contribution in [1.82, 2.24) is 5.32 Å². The molecule has 1 aliphatic rings. The van der Waals surface area contributed by atoms with Crippen LogP contribution in [-0.2, 0) is 15.0 Å². The molecule has 0 aromatic heterocycles. The molecule has 0 saturated carbocycles. The van der Waals surface area contributed by atoms with Crippen molar-refractivity contribution in [2.24, 2.45) is 5.16 Å². The Hall–Kier alpha value is -1.98. The molecule has 1 aromatic rings. The minimum atomic E-state index is -2.83. The second kappa shape index (κ2) is 5.56. The van der Waals surface area contributed by atoms with Crippen LogP contribution in [-0.4, -0.2) is 24.3 Å². The predicted octanol–water partition coefficient (Wildman–Crippen LogP) is 2.45. The van der Waals surface area contributed by atoms with Crippen molar-refractivity contribution in [2.45, 2.75) is 38.2 Å². The van der Waals surface area contributed by atoms with Crippen molar-refractivity contribution in [3.8, 4) is 0 Å². The average molecular weight is 282 g/mol. The number of benzene rings is 1. The molecule has 0 spiro atoms. The minimum Gasteiger partial charge on any atom is -0.391 e. The summed E-state index contributed by atoms with van der Waals surface area (Å²) in [6.45, 7) is 3.01. The van der Waals surface area contributed by atoms with Crippen LogP contribution < -0.4 is 5.32 Å². The highest BCUT2D eigenvalue weighted by molar-refractivity contribution is 6.03. The van der Waals surface area contributed by atoms with Crippen LogP contribution >= 0.6 is 0 Å². The number of carbonyl (C=O) groups excluding carboxylic acids is 1. The number of nitrogens with zero attached hydrogens (tertiary/aromatic N) is 1. The maximum Gasteiger partial charge on any atom is 0.256 e. The van der Waals surface area contributed by atoms with Gasteiger partial charge in [-0.25, -0.2) is 8.78 Å². The van der Waals surface area contributed by atoms with Gasteiger partial charge >= 0.3 is 0 Å². The second-order valence-electron chi connectivity index (χ2n) is 4.98. The quantitative estimate of drug-likeness (QED) is 0.925. The first-order chi connectivity index (χ1) is 9.44. The minimum absolute atomic E-state index is 0.153. The fraction of sp³-hybridized carbons (Fsp3) is 0.429. The number of rotatable bonds is 3. The highest BCUT2D eigenvalue weighted by Gasteiger charge is 2.45. The molecule has 0 radical (unpaired) electrons. The summed E-state index contributed by atoms with van der Waals surface area (Å²) in [5.74, 6) is -0.500. The lowest BCUT2D eigenvalue weighted by molar-refractivity contribution is -0.130. The number of amides is 1. The Bertz CT molecular complexity index is 519. The zero-order chi connectivity index (χ0) is 14.8. The molecular formula is C14H16F2N2O2. The molecule has 0 aliphatic carbocycles. The van der Waals surface area contributed by atoms with Gasteiger partial charge in [0.05, 0.1) is 0 Å². The number of alkyl halides is 2. The Balaban J connectivity index is 2.23. The molecule has 0 bridgehead atoms. The SMILES string of the molecule is CC1CC(NC(=O)C(C)(c2ccccc2)C(F)F)=NO1. The molecular weight excluding hydrogens is 266 g/mol. The van der Waals surface area contributed by atoms with Gasteiger partial charge in [-0.1, -0.05) is 35.5 Å². The Morgan fingerprint density at radius 2 is 2.10 bits per heavy atom. The van der Waals surface area contributed by atoms with Crippen molar-refractivity contribution in [2.75, 3.05) is 0 Å². The molecule has 4 nitrogen and oxygen atoms in total. The molecule has 1 aliphatic heterocycles. The molecule has 2 atom stereocenters. The summed E-state index contributed by atoms with van der Waals surface area (Å²) < 4.78 is 26.9. The van der Waals surface area contributed by atoms with E-state index in [-0.39, 0.29) is 17.5 Å². The van der Waals surface area contributed by atoms with E-state index in [1.165, 1.54) is 19.1 Å². The van der Waals surface area contributed by atoms with Gasteiger partial charge in [-0.2, -0.15) is 0 Å². The smallest absolute Gasteiger partial charge is 0.256 e. The van der Waals surface area contributed by atoms with Crippen molar-refractivity contribution in [3.05, 3.63) is 35.9 Å². The lowest BCUT2D eigenvalue weighted by Gasteiger charge is -2.27. The van der Waals surface area contributed by atoms with Gasteiger partial charge in [-0.05, 0) is 19.4 Å². The van der Waals surface area contributed by atoms with E-state index in [1.54, 1.807) is 25.1 Å². The summed E-state index contributed by atoms with van der Waals surface area (Å²) in [4.78, 5) is 17.2. The number of halogens is 2. The maximum atomic E-state index is 13.4. The van der Waals surface area contributed by atoms with Crippen LogP contribution in [0.2, 0.25) is 0 Å². The van der Waals surface area contributed by atoms with Crippen LogP contribution in [0.15, 0.2) is 35.5 Å². The van der Waals surface area contributed by atoms with Gasteiger partial charge in [-0.15, -0.1) is 0 Å². The van der Waals surface area contributed by atoms with Crippen molar-refractivity contribution in [3.63, 3.8) is 0 Å². The Morgan fingerprint density at radius 1 is 1.45 bits per heavy atom. The second-order valence-corrected chi connectivity index (χ2v) is 4.98. The van der Waals surface area contributed by atoms with Crippen LogP contribution in [0.4, 0.5) is 8.78 Å². The Kier molecular flexibility index (Phi) is 4.01. The van der Waals surface area contributed by atoms with E-state index >= 15 is 0 Å². The van der Waals surface area contributed by atoms with E-state index in [9.17, 15) is 13.6 Å². The molecule has 0 saturated heterocycles. The van der Waals surface area contributed by atoms with Gasteiger partial charge in [0, 0.05) is 6.42 Å². The third-order valence-corrected chi connectivity index (χ3v) is 3.36. The summed E-state index contributed by atoms with van der Waals surface area (Å²) in [5, 5.41) is 6.10. The third-order valence-electron chi connectivity index (χ3n) is 3.36. The summed E-state index contributed by atoms with van der Waals surface area (Å²) >= 11 is 0. The molecule has 1 heterocycles. The molecule has 108 valence electrons. The molecule has 2 unspecified atom stereocenters. The topological polar surface area (TPSA) is 50.7 Å². The monoisotopic (exact) mass is 282 g/mol. The summed E-state index contributed by atoms with van der Waals surface area (Å²) in [5.41, 5.74) is -1.66. The van der Waals surface area contributed by atoms with Gasteiger partial charge in [0.1, 0.15) is 11.5 Å². The normalized spacial score (nSPS) is 21.1. The van der Waals surface area contributed by atoms with Crippen LogP contribution in [0, 0.1) is 0 Å². The fourth-order valence-corrected chi connectivity index (χ4v) is 1.98. The van der Waals surface area contributed by atoms with Gasteiger partial charge in [0.25, 0.3) is 6.43 Å².